The van der Waals surface area contributed by atoms with Gasteiger partial charge in [0, 0.05) is 0 Å². The second kappa shape index (κ2) is 7.61. The van der Waals surface area contributed by atoms with Crippen LogP contribution in [0.5, 0.6) is 5.75 Å². The van der Waals surface area contributed by atoms with Crippen molar-refractivity contribution in [2.24, 2.45) is 5.73 Å². The van der Waals surface area contributed by atoms with Gasteiger partial charge < -0.3 is 15.2 Å². The Kier molecular flexibility index (Phi) is 5.55. The summed E-state index contributed by atoms with van der Waals surface area (Å²) in [6, 6.07) is 15.2. The molecular weight excluding hydrogens is 278 g/mol. The molecule has 4 nitrogen and oxygen atoms in total. The van der Waals surface area contributed by atoms with Crippen LogP contribution in [0, 0.1) is 0 Å². The molecule has 0 saturated heterocycles. The molecular formula is C18H21NO3. The van der Waals surface area contributed by atoms with Gasteiger partial charge >= 0.3 is 5.97 Å². The molecule has 0 aromatic heterocycles. The number of benzene rings is 2. The van der Waals surface area contributed by atoms with Gasteiger partial charge in [-0.25, -0.2) is 0 Å². The summed E-state index contributed by atoms with van der Waals surface area (Å²) in [5.74, 6) is 0.460. The molecule has 0 amide bonds. The van der Waals surface area contributed by atoms with Crippen molar-refractivity contribution in [3.8, 4) is 16.9 Å². The Morgan fingerprint density at radius 2 is 1.86 bits per heavy atom. The maximum atomic E-state index is 11.6. The van der Waals surface area contributed by atoms with Crippen LogP contribution in [0.4, 0.5) is 0 Å². The lowest BCUT2D eigenvalue weighted by atomic mass is 9.99. The van der Waals surface area contributed by atoms with Crippen LogP contribution < -0.4 is 10.5 Å². The monoisotopic (exact) mass is 299 g/mol. The SMILES string of the molecule is CCOC(=O)C(N)Cc1cccc(-c2ccc(OC)cc2)c1. The third-order valence-electron chi connectivity index (χ3n) is 3.40. The highest BCUT2D eigenvalue weighted by Gasteiger charge is 2.15. The van der Waals surface area contributed by atoms with Crippen LogP contribution in [-0.4, -0.2) is 25.7 Å². The van der Waals surface area contributed by atoms with E-state index in [2.05, 4.69) is 0 Å². The first kappa shape index (κ1) is 16.0. The molecule has 0 spiro atoms. The summed E-state index contributed by atoms with van der Waals surface area (Å²) in [6.45, 7) is 2.12. The van der Waals surface area contributed by atoms with E-state index in [1.807, 2.05) is 48.5 Å². The lowest BCUT2D eigenvalue weighted by Gasteiger charge is -2.11. The lowest BCUT2D eigenvalue weighted by molar-refractivity contribution is -0.144. The number of hydrogen-bond donors (Lipinski definition) is 1. The first-order chi connectivity index (χ1) is 10.6. The zero-order chi connectivity index (χ0) is 15.9. The summed E-state index contributed by atoms with van der Waals surface area (Å²) in [4.78, 5) is 11.6. The van der Waals surface area contributed by atoms with Gasteiger partial charge in [-0.15, -0.1) is 0 Å². The molecule has 0 radical (unpaired) electrons. The average molecular weight is 299 g/mol. The molecule has 0 aliphatic carbocycles. The number of nitrogens with two attached hydrogens (primary N) is 1. The number of hydrogen-bond acceptors (Lipinski definition) is 4. The summed E-state index contributed by atoms with van der Waals surface area (Å²) in [5, 5.41) is 0. The van der Waals surface area contributed by atoms with E-state index in [4.69, 9.17) is 15.2 Å². The topological polar surface area (TPSA) is 61.5 Å². The largest absolute Gasteiger partial charge is 0.497 e. The van der Waals surface area contributed by atoms with Gasteiger partial charge in [-0.3, -0.25) is 4.79 Å². The Labute approximate surface area is 130 Å². The number of esters is 1. The minimum absolute atomic E-state index is 0.346. The van der Waals surface area contributed by atoms with Gasteiger partial charge in [-0.2, -0.15) is 0 Å². The summed E-state index contributed by atoms with van der Waals surface area (Å²) >= 11 is 0. The molecule has 1 atom stereocenters. The van der Waals surface area contributed by atoms with E-state index in [1.165, 1.54) is 0 Å². The molecule has 22 heavy (non-hydrogen) atoms. The molecule has 0 bridgehead atoms. The highest BCUT2D eigenvalue weighted by molar-refractivity contribution is 5.76. The van der Waals surface area contributed by atoms with Crippen LogP contribution >= 0.6 is 0 Å². The standard InChI is InChI=1S/C18H21NO3/c1-3-22-18(20)17(19)12-13-5-4-6-15(11-13)14-7-9-16(21-2)10-8-14/h4-11,17H,3,12,19H2,1-2H3. The predicted molar refractivity (Wildman–Crippen MR) is 86.7 cm³/mol. The molecule has 0 saturated carbocycles. The second-order valence-corrected chi connectivity index (χ2v) is 4.99. The third kappa shape index (κ3) is 4.09. The van der Waals surface area contributed by atoms with Crippen molar-refractivity contribution in [1.82, 2.24) is 0 Å². The molecule has 0 aliphatic rings. The summed E-state index contributed by atoms with van der Waals surface area (Å²) in [7, 11) is 1.65. The van der Waals surface area contributed by atoms with E-state index in [-0.39, 0.29) is 5.97 Å². The third-order valence-corrected chi connectivity index (χ3v) is 3.40. The lowest BCUT2D eigenvalue weighted by Crippen LogP contribution is -2.34. The van der Waals surface area contributed by atoms with Crippen molar-refractivity contribution in [1.29, 1.82) is 0 Å². The van der Waals surface area contributed by atoms with Crippen molar-refractivity contribution >= 4 is 5.97 Å². The zero-order valence-electron chi connectivity index (χ0n) is 12.9. The molecule has 2 aromatic rings. The van der Waals surface area contributed by atoms with Gasteiger partial charge in [0.1, 0.15) is 11.8 Å². The van der Waals surface area contributed by atoms with Gasteiger partial charge in [0.2, 0.25) is 0 Å². The summed E-state index contributed by atoms with van der Waals surface area (Å²) in [5.41, 5.74) is 9.05. The van der Waals surface area contributed by atoms with Crippen LogP contribution in [0.3, 0.4) is 0 Å². The van der Waals surface area contributed by atoms with Crippen molar-refractivity contribution < 1.29 is 14.3 Å². The molecule has 2 aromatic carbocycles. The van der Waals surface area contributed by atoms with E-state index in [0.717, 1.165) is 22.4 Å². The van der Waals surface area contributed by atoms with Gasteiger partial charge in [0.25, 0.3) is 0 Å². The molecule has 2 rings (SSSR count). The van der Waals surface area contributed by atoms with Crippen LogP contribution in [0.25, 0.3) is 11.1 Å². The fourth-order valence-corrected chi connectivity index (χ4v) is 2.25. The summed E-state index contributed by atoms with van der Waals surface area (Å²) < 4.78 is 10.1. The molecule has 1 unspecified atom stereocenters. The predicted octanol–water partition coefficient (Wildman–Crippen LogP) is 2.80. The molecule has 0 aliphatic heterocycles. The van der Waals surface area contributed by atoms with Gasteiger partial charge in [-0.1, -0.05) is 36.4 Å². The molecule has 4 heteroatoms. The number of carbonyl (C=O) groups is 1. The minimum Gasteiger partial charge on any atom is -0.497 e. The molecule has 116 valence electrons. The zero-order valence-corrected chi connectivity index (χ0v) is 12.9. The highest BCUT2D eigenvalue weighted by atomic mass is 16.5. The second-order valence-electron chi connectivity index (χ2n) is 4.99. The smallest absolute Gasteiger partial charge is 0.323 e. The Balaban J connectivity index is 2.13. The fraction of sp³-hybridized carbons (Fsp3) is 0.278. The minimum atomic E-state index is -0.633. The van der Waals surface area contributed by atoms with Crippen LogP contribution in [0.15, 0.2) is 48.5 Å². The van der Waals surface area contributed by atoms with Crippen molar-refractivity contribution in [3.05, 3.63) is 54.1 Å². The first-order valence-corrected chi connectivity index (χ1v) is 7.29. The number of carbonyl (C=O) groups excluding carboxylic acids is 1. The van der Waals surface area contributed by atoms with Crippen LogP contribution in [-0.2, 0) is 16.0 Å². The average Bonchev–Trinajstić information content (AvgIpc) is 2.55. The Morgan fingerprint density at radius 1 is 1.14 bits per heavy atom. The molecule has 2 N–H and O–H groups in total. The van der Waals surface area contributed by atoms with Crippen LogP contribution in [0.2, 0.25) is 0 Å². The van der Waals surface area contributed by atoms with E-state index in [9.17, 15) is 4.79 Å². The highest BCUT2D eigenvalue weighted by Crippen LogP contribution is 2.23. The number of rotatable bonds is 6. The number of methoxy groups -OCH3 is 1. The number of ether oxygens (including phenoxy) is 2. The van der Waals surface area contributed by atoms with Gasteiger partial charge in [0.05, 0.1) is 13.7 Å². The Hall–Kier alpha value is -2.33. The van der Waals surface area contributed by atoms with Gasteiger partial charge in [-0.05, 0) is 42.2 Å². The summed E-state index contributed by atoms with van der Waals surface area (Å²) in [6.07, 6.45) is 0.461. The molecule has 0 fully saturated rings. The quantitative estimate of drug-likeness (QED) is 0.833. The van der Waals surface area contributed by atoms with Crippen molar-refractivity contribution in [2.45, 2.75) is 19.4 Å². The normalized spacial score (nSPS) is 11.8. The maximum absolute atomic E-state index is 11.6. The maximum Gasteiger partial charge on any atom is 0.323 e. The van der Waals surface area contributed by atoms with E-state index in [1.54, 1.807) is 14.0 Å². The van der Waals surface area contributed by atoms with Crippen LogP contribution in [0.1, 0.15) is 12.5 Å². The fourth-order valence-electron chi connectivity index (χ4n) is 2.25. The van der Waals surface area contributed by atoms with Gasteiger partial charge in [0.15, 0.2) is 0 Å². The Bertz CT molecular complexity index is 622. The van der Waals surface area contributed by atoms with Crippen molar-refractivity contribution in [2.75, 3.05) is 13.7 Å². The van der Waals surface area contributed by atoms with E-state index >= 15 is 0 Å². The van der Waals surface area contributed by atoms with E-state index < -0.39 is 6.04 Å². The van der Waals surface area contributed by atoms with E-state index in [0.29, 0.717) is 13.0 Å². The first-order valence-electron chi connectivity index (χ1n) is 7.29. The Morgan fingerprint density at radius 3 is 2.50 bits per heavy atom. The molecule has 0 heterocycles. The van der Waals surface area contributed by atoms with Crippen molar-refractivity contribution in [3.63, 3.8) is 0 Å².